The Hall–Kier alpha value is 0.154. The van der Waals surface area contributed by atoms with Crippen LogP contribution in [0.3, 0.4) is 0 Å². The van der Waals surface area contributed by atoms with Gasteiger partial charge in [0.25, 0.3) is 0 Å². The molecule has 0 bridgehead atoms. The standard InChI is InChI=1S/C3H4F4Si2/c4-2(5)8-1-9-3(6)7/h2-3H,1H2. The molecule has 0 atom stereocenters. The first kappa shape index (κ1) is 9.15. The molecule has 0 heterocycles. The van der Waals surface area contributed by atoms with E-state index < -0.39 is 31.1 Å². The summed E-state index contributed by atoms with van der Waals surface area (Å²) in [6.07, 6.45) is 0. The Morgan fingerprint density at radius 2 is 1.22 bits per heavy atom. The monoisotopic (exact) mass is 172 g/mol. The predicted octanol–water partition coefficient (Wildman–Crippen LogP) is 1.22. The molecule has 0 aromatic heterocycles. The average Bonchev–Trinajstić information content (AvgIpc) is 1.63. The highest BCUT2D eigenvalue weighted by Gasteiger charge is 2.08. The molecule has 0 fully saturated rings. The maximum Gasteiger partial charge on any atom is 0.216 e. The van der Waals surface area contributed by atoms with Gasteiger partial charge in [-0.25, -0.2) is 17.6 Å². The summed E-state index contributed by atoms with van der Waals surface area (Å²) in [5.41, 5.74) is -0.0324. The van der Waals surface area contributed by atoms with E-state index in [0.29, 0.717) is 0 Å². The quantitative estimate of drug-likeness (QED) is 0.442. The van der Waals surface area contributed by atoms with E-state index in [0.717, 1.165) is 0 Å². The van der Waals surface area contributed by atoms with Gasteiger partial charge in [0.1, 0.15) is 19.0 Å². The van der Waals surface area contributed by atoms with Gasteiger partial charge in [-0.3, -0.25) is 0 Å². The molecule has 0 rings (SSSR count). The van der Waals surface area contributed by atoms with Crippen molar-refractivity contribution in [3.05, 3.63) is 0 Å². The first-order valence-corrected chi connectivity index (χ1v) is 4.73. The maximum atomic E-state index is 11.3. The molecule has 0 aromatic rings. The van der Waals surface area contributed by atoms with Gasteiger partial charge in [-0.1, -0.05) is 5.67 Å². The maximum absolute atomic E-state index is 11.3. The molecule has 0 amide bonds. The predicted molar refractivity (Wildman–Crippen MR) is 28.3 cm³/mol. The van der Waals surface area contributed by atoms with E-state index in [9.17, 15) is 17.6 Å². The number of rotatable bonds is 4. The van der Waals surface area contributed by atoms with Crippen molar-refractivity contribution in [3.8, 4) is 0 Å². The van der Waals surface area contributed by atoms with E-state index in [1.54, 1.807) is 0 Å². The summed E-state index contributed by atoms with van der Waals surface area (Å²) >= 11 is 0. The Labute approximate surface area is 55.3 Å². The minimum Gasteiger partial charge on any atom is -0.216 e. The number of hydrogen-bond donors (Lipinski definition) is 0. The van der Waals surface area contributed by atoms with Crippen LogP contribution in [0.4, 0.5) is 17.6 Å². The third kappa shape index (κ3) is 8.15. The first-order chi connectivity index (χ1) is 4.13. The molecule has 9 heavy (non-hydrogen) atoms. The lowest BCUT2D eigenvalue weighted by Gasteiger charge is -1.94. The SMILES string of the molecule is FC(F)[Si]C[Si]C(F)F. The molecular weight excluding hydrogens is 168 g/mol. The normalized spacial score (nSPS) is 11.3. The number of alkyl halides is 4. The van der Waals surface area contributed by atoms with Gasteiger partial charge >= 0.3 is 0 Å². The summed E-state index contributed by atoms with van der Waals surface area (Å²) in [5.74, 6) is 0. The fraction of sp³-hybridized carbons (Fsp3) is 1.00. The molecule has 0 saturated heterocycles. The second kappa shape index (κ2) is 4.98. The number of halogens is 4. The molecule has 0 unspecified atom stereocenters. The Kier molecular flexibility index (Phi) is 5.07. The lowest BCUT2D eigenvalue weighted by Crippen LogP contribution is -2.12. The smallest absolute Gasteiger partial charge is 0.216 e. The first-order valence-electron chi connectivity index (χ1n) is 2.16. The van der Waals surface area contributed by atoms with Gasteiger partial charge in [0.15, 0.2) is 0 Å². The molecule has 0 aliphatic heterocycles. The van der Waals surface area contributed by atoms with Gasteiger partial charge in [-0.15, -0.1) is 0 Å². The van der Waals surface area contributed by atoms with Crippen LogP contribution in [0.1, 0.15) is 0 Å². The van der Waals surface area contributed by atoms with E-state index in [4.69, 9.17) is 0 Å². The van der Waals surface area contributed by atoms with Crippen molar-refractivity contribution in [1.82, 2.24) is 0 Å². The topological polar surface area (TPSA) is 0 Å². The Balaban J connectivity index is 2.91. The highest BCUT2D eigenvalue weighted by atomic mass is 28.3. The van der Waals surface area contributed by atoms with Crippen LogP contribution in [0.5, 0.6) is 0 Å². The molecule has 6 heteroatoms. The van der Waals surface area contributed by atoms with E-state index in [2.05, 4.69) is 0 Å². The second-order valence-electron chi connectivity index (χ2n) is 1.19. The van der Waals surface area contributed by atoms with Crippen LogP contribution in [0.2, 0.25) is 5.67 Å². The fourth-order valence-corrected chi connectivity index (χ4v) is 1.92. The zero-order valence-electron chi connectivity index (χ0n) is 4.37. The Bertz CT molecular complexity index is 58.8. The summed E-state index contributed by atoms with van der Waals surface area (Å²) in [6, 6.07) is -4.81. The van der Waals surface area contributed by atoms with Crippen molar-refractivity contribution in [2.45, 2.75) is 17.8 Å². The molecule has 0 spiro atoms. The Morgan fingerprint density at radius 1 is 0.889 bits per heavy atom. The minimum absolute atomic E-state index is 0.0324. The van der Waals surface area contributed by atoms with Gasteiger partial charge in [0.05, 0.1) is 0 Å². The van der Waals surface area contributed by atoms with Crippen molar-refractivity contribution in [2.75, 3.05) is 0 Å². The van der Waals surface area contributed by atoms with Crippen molar-refractivity contribution < 1.29 is 17.6 Å². The van der Waals surface area contributed by atoms with Crippen LogP contribution in [-0.2, 0) is 0 Å². The van der Waals surface area contributed by atoms with Crippen molar-refractivity contribution in [3.63, 3.8) is 0 Å². The van der Waals surface area contributed by atoms with Crippen LogP contribution in [0.25, 0.3) is 0 Å². The lowest BCUT2D eigenvalue weighted by atomic mass is 11.6. The molecule has 0 aromatic carbocycles. The third-order valence-electron chi connectivity index (χ3n) is 0.513. The Morgan fingerprint density at radius 3 is 1.44 bits per heavy atom. The highest BCUT2D eigenvalue weighted by Crippen LogP contribution is 1.96. The van der Waals surface area contributed by atoms with E-state index >= 15 is 0 Å². The molecule has 0 nitrogen and oxygen atoms in total. The minimum atomic E-state index is -2.41. The van der Waals surface area contributed by atoms with Crippen molar-refractivity contribution in [2.24, 2.45) is 0 Å². The van der Waals surface area contributed by atoms with Crippen LogP contribution in [0, 0.1) is 0 Å². The molecule has 0 saturated carbocycles. The highest BCUT2D eigenvalue weighted by molar-refractivity contribution is 6.56. The second-order valence-corrected chi connectivity index (χ2v) is 4.29. The van der Waals surface area contributed by atoms with Gasteiger partial charge in [0.2, 0.25) is 12.1 Å². The summed E-state index contributed by atoms with van der Waals surface area (Å²) in [4.78, 5) is 0. The molecular formula is C3H4F4Si2. The van der Waals surface area contributed by atoms with Crippen LogP contribution in [0.15, 0.2) is 0 Å². The van der Waals surface area contributed by atoms with Crippen LogP contribution in [-0.4, -0.2) is 31.1 Å². The zero-order chi connectivity index (χ0) is 7.28. The van der Waals surface area contributed by atoms with E-state index in [1.807, 2.05) is 0 Å². The van der Waals surface area contributed by atoms with Gasteiger partial charge in [-0.05, 0) is 0 Å². The average molecular weight is 172 g/mol. The third-order valence-corrected chi connectivity index (χ3v) is 2.76. The van der Waals surface area contributed by atoms with Crippen molar-refractivity contribution in [1.29, 1.82) is 0 Å². The zero-order valence-corrected chi connectivity index (χ0v) is 6.37. The van der Waals surface area contributed by atoms with Gasteiger partial charge < -0.3 is 0 Å². The summed E-state index contributed by atoms with van der Waals surface area (Å²) < 4.78 is 45.0. The molecule has 4 radical (unpaired) electrons. The molecule has 0 N–H and O–H groups in total. The summed E-state index contributed by atoms with van der Waals surface area (Å²) in [7, 11) is -1.24. The van der Waals surface area contributed by atoms with Crippen LogP contribution >= 0.6 is 0 Å². The summed E-state index contributed by atoms with van der Waals surface area (Å²) in [5, 5.41) is 0. The molecule has 52 valence electrons. The summed E-state index contributed by atoms with van der Waals surface area (Å²) in [6.45, 7) is 0. The van der Waals surface area contributed by atoms with E-state index in [1.165, 1.54) is 0 Å². The lowest BCUT2D eigenvalue weighted by molar-refractivity contribution is 0.234. The molecule has 0 aliphatic rings. The fourth-order valence-electron chi connectivity index (χ4n) is 0.213. The largest absolute Gasteiger partial charge is 0.216 e. The molecule has 0 aliphatic carbocycles. The van der Waals surface area contributed by atoms with Gasteiger partial charge in [-0.2, -0.15) is 0 Å². The van der Waals surface area contributed by atoms with Crippen molar-refractivity contribution >= 4 is 19.0 Å². The van der Waals surface area contributed by atoms with E-state index in [-0.39, 0.29) is 5.67 Å². The van der Waals surface area contributed by atoms with Gasteiger partial charge in [0, 0.05) is 0 Å². The number of hydrogen-bond acceptors (Lipinski definition) is 0. The van der Waals surface area contributed by atoms with Crippen LogP contribution < -0.4 is 0 Å².